The molecule has 0 bridgehead atoms. The van der Waals surface area contributed by atoms with E-state index in [4.69, 9.17) is 0 Å². The molecule has 0 radical (unpaired) electrons. The van der Waals surface area contributed by atoms with Crippen molar-refractivity contribution >= 4 is 16.9 Å². The number of piperidine rings is 1. The molecule has 5 heteroatoms. The van der Waals surface area contributed by atoms with E-state index in [1.807, 2.05) is 24.1 Å². The standard InChI is InChI=1S/C16H22N4O/c1-17-8-4-12-5-9-20(10-6-12)16(21)14-11-19-15-13(14)3-2-7-18-15/h2-3,7,11-12,17H,4-6,8-10H2,1H3,(H,18,19). The number of hydrogen-bond acceptors (Lipinski definition) is 3. The predicted molar refractivity (Wildman–Crippen MR) is 83.3 cm³/mol. The zero-order chi connectivity index (χ0) is 14.7. The monoisotopic (exact) mass is 286 g/mol. The summed E-state index contributed by atoms with van der Waals surface area (Å²) in [5, 5.41) is 4.12. The van der Waals surface area contributed by atoms with Crippen LogP contribution in [0.3, 0.4) is 0 Å². The molecule has 0 aromatic carbocycles. The second kappa shape index (κ2) is 6.26. The van der Waals surface area contributed by atoms with Crippen molar-refractivity contribution in [3.8, 4) is 0 Å². The first-order valence-electron chi connectivity index (χ1n) is 7.65. The van der Waals surface area contributed by atoms with Crippen molar-refractivity contribution < 1.29 is 4.79 Å². The van der Waals surface area contributed by atoms with Gasteiger partial charge in [0.1, 0.15) is 5.65 Å². The zero-order valence-electron chi connectivity index (χ0n) is 12.4. The Hall–Kier alpha value is -1.88. The van der Waals surface area contributed by atoms with Crippen LogP contribution in [-0.2, 0) is 0 Å². The number of carbonyl (C=O) groups is 1. The summed E-state index contributed by atoms with van der Waals surface area (Å²) in [6, 6.07) is 3.82. The summed E-state index contributed by atoms with van der Waals surface area (Å²) >= 11 is 0. The van der Waals surface area contributed by atoms with E-state index >= 15 is 0 Å². The molecule has 1 saturated heterocycles. The minimum absolute atomic E-state index is 0.126. The molecule has 0 saturated carbocycles. The average molecular weight is 286 g/mol. The van der Waals surface area contributed by atoms with Gasteiger partial charge in [-0.1, -0.05) is 0 Å². The van der Waals surface area contributed by atoms with Gasteiger partial charge in [0.25, 0.3) is 5.91 Å². The fourth-order valence-corrected chi connectivity index (χ4v) is 3.08. The number of pyridine rings is 1. The molecule has 3 heterocycles. The number of hydrogen-bond donors (Lipinski definition) is 2. The van der Waals surface area contributed by atoms with Gasteiger partial charge >= 0.3 is 0 Å². The summed E-state index contributed by atoms with van der Waals surface area (Å²) in [7, 11) is 1.99. The average Bonchev–Trinajstić information content (AvgIpc) is 2.97. The molecular formula is C16H22N4O. The molecule has 0 atom stereocenters. The Labute approximate surface area is 124 Å². The van der Waals surface area contributed by atoms with Gasteiger partial charge < -0.3 is 15.2 Å². The minimum Gasteiger partial charge on any atom is -0.345 e. The molecule has 0 unspecified atom stereocenters. The Kier molecular flexibility index (Phi) is 4.20. The quantitative estimate of drug-likeness (QED) is 0.904. The Morgan fingerprint density at radius 3 is 3.05 bits per heavy atom. The van der Waals surface area contributed by atoms with Crippen molar-refractivity contribution in [3.05, 3.63) is 30.1 Å². The lowest BCUT2D eigenvalue weighted by molar-refractivity contribution is 0.0689. The largest absolute Gasteiger partial charge is 0.345 e. The Balaban J connectivity index is 1.67. The topological polar surface area (TPSA) is 61.0 Å². The molecule has 2 N–H and O–H groups in total. The molecular weight excluding hydrogens is 264 g/mol. The number of amides is 1. The van der Waals surface area contributed by atoms with Crippen LogP contribution in [0.15, 0.2) is 24.5 Å². The smallest absolute Gasteiger partial charge is 0.256 e. The number of aromatic nitrogens is 2. The fourth-order valence-electron chi connectivity index (χ4n) is 3.08. The fraction of sp³-hybridized carbons (Fsp3) is 0.500. The number of nitrogens with zero attached hydrogens (tertiary/aromatic N) is 2. The van der Waals surface area contributed by atoms with Crippen molar-refractivity contribution in [1.82, 2.24) is 20.2 Å². The summed E-state index contributed by atoms with van der Waals surface area (Å²) in [5.74, 6) is 0.868. The summed E-state index contributed by atoms with van der Waals surface area (Å²) < 4.78 is 0. The number of rotatable bonds is 4. The van der Waals surface area contributed by atoms with E-state index in [9.17, 15) is 4.79 Å². The summed E-state index contributed by atoms with van der Waals surface area (Å²) in [5.41, 5.74) is 1.52. The van der Waals surface area contributed by atoms with Crippen LogP contribution in [0.1, 0.15) is 29.6 Å². The normalized spacial score (nSPS) is 16.5. The molecule has 112 valence electrons. The summed E-state index contributed by atoms with van der Waals surface area (Å²) in [6.07, 6.45) is 6.94. The lowest BCUT2D eigenvalue weighted by Crippen LogP contribution is -2.38. The van der Waals surface area contributed by atoms with Gasteiger partial charge in [-0.05, 0) is 50.9 Å². The van der Waals surface area contributed by atoms with E-state index in [0.29, 0.717) is 0 Å². The van der Waals surface area contributed by atoms with Gasteiger partial charge in [0.15, 0.2) is 0 Å². The van der Waals surface area contributed by atoms with E-state index in [0.717, 1.165) is 55.0 Å². The van der Waals surface area contributed by atoms with E-state index in [1.54, 1.807) is 12.4 Å². The molecule has 2 aromatic heterocycles. The first-order chi connectivity index (χ1) is 10.3. The SMILES string of the molecule is CNCCC1CCN(C(=O)c2c[nH]c3ncccc23)CC1. The Morgan fingerprint density at radius 2 is 2.29 bits per heavy atom. The van der Waals surface area contributed by atoms with Crippen molar-refractivity contribution in [1.29, 1.82) is 0 Å². The van der Waals surface area contributed by atoms with Crippen LogP contribution < -0.4 is 5.32 Å². The van der Waals surface area contributed by atoms with E-state index in [1.165, 1.54) is 6.42 Å². The van der Waals surface area contributed by atoms with Crippen LogP contribution in [0.5, 0.6) is 0 Å². The van der Waals surface area contributed by atoms with Gasteiger partial charge in [0.2, 0.25) is 0 Å². The van der Waals surface area contributed by atoms with E-state index < -0.39 is 0 Å². The molecule has 1 fully saturated rings. The second-order valence-corrected chi connectivity index (χ2v) is 5.73. The summed E-state index contributed by atoms with van der Waals surface area (Å²) in [6.45, 7) is 2.78. The third-order valence-corrected chi connectivity index (χ3v) is 4.39. The van der Waals surface area contributed by atoms with Gasteiger partial charge in [-0.25, -0.2) is 4.98 Å². The molecule has 1 aliphatic rings. The molecule has 1 aliphatic heterocycles. The Bertz CT molecular complexity index is 614. The van der Waals surface area contributed by atoms with Gasteiger partial charge in [0.05, 0.1) is 5.56 Å². The lowest BCUT2D eigenvalue weighted by Gasteiger charge is -2.32. The third kappa shape index (κ3) is 2.93. The maximum Gasteiger partial charge on any atom is 0.256 e. The predicted octanol–water partition coefficient (Wildman–Crippen LogP) is 2.02. The first kappa shape index (κ1) is 14.1. The van der Waals surface area contributed by atoms with Gasteiger partial charge in [-0.2, -0.15) is 0 Å². The number of H-pyrrole nitrogens is 1. The van der Waals surface area contributed by atoms with E-state index in [2.05, 4.69) is 15.3 Å². The third-order valence-electron chi connectivity index (χ3n) is 4.39. The summed E-state index contributed by atoms with van der Waals surface area (Å²) in [4.78, 5) is 22.0. The van der Waals surface area contributed by atoms with Crippen molar-refractivity contribution in [2.24, 2.45) is 5.92 Å². The minimum atomic E-state index is 0.126. The second-order valence-electron chi connectivity index (χ2n) is 5.73. The molecule has 1 amide bonds. The number of fused-ring (bicyclic) bond motifs is 1. The maximum atomic E-state index is 12.7. The first-order valence-corrected chi connectivity index (χ1v) is 7.65. The van der Waals surface area contributed by atoms with Crippen LogP contribution in [-0.4, -0.2) is 47.5 Å². The molecule has 3 rings (SSSR count). The van der Waals surface area contributed by atoms with Gasteiger partial charge in [-0.15, -0.1) is 0 Å². The highest BCUT2D eigenvalue weighted by Crippen LogP contribution is 2.23. The van der Waals surface area contributed by atoms with Crippen LogP contribution in [0.4, 0.5) is 0 Å². The van der Waals surface area contributed by atoms with Crippen LogP contribution in [0, 0.1) is 5.92 Å². The number of aromatic amines is 1. The lowest BCUT2D eigenvalue weighted by atomic mass is 9.93. The molecule has 0 spiro atoms. The highest BCUT2D eigenvalue weighted by Gasteiger charge is 2.24. The van der Waals surface area contributed by atoms with Gasteiger partial charge in [0, 0.05) is 30.9 Å². The zero-order valence-corrected chi connectivity index (χ0v) is 12.4. The number of carbonyl (C=O) groups excluding carboxylic acids is 1. The Morgan fingerprint density at radius 1 is 1.48 bits per heavy atom. The van der Waals surface area contributed by atoms with E-state index in [-0.39, 0.29) is 5.91 Å². The van der Waals surface area contributed by atoms with Crippen LogP contribution in [0.25, 0.3) is 11.0 Å². The highest BCUT2D eigenvalue weighted by molar-refractivity contribution is 6.05. The number of nitrogens with one attached hydrogen (secondary N) is 2. The molecule has 21 heavy (non-hydrogen) atoms. The van der Waals surface area contributed by atoms with Crippen molar-refractivity contribution in [2.45, 2.75) is 19.3 Å². The van der Waals surface area contributed by atoms with Crippen LogP contribution in [0.2, 0.25) is 0 Å². The van der Waals surface area contributed by atoms with Crippen molar-refractivity contribution in [3.63, 3.8) is 0 Å². The highest BCUT2D eigenvalue weighted by atomic mass is 16.2. The number of likely N-dealkylation sites (tertiary alicyclic amines) is 1. The molecule has 5 nitrogen and oxygen atoms in total. The molecule has 2 aromatic rings. The van der Waals surface area contributed by atoms with Crippen molar-refractivity contribution in [2.75, 3.05) is 26.7 Å². The maximum absolute atomic E-state index is 12.7. The van der Waals surface area contributed by atoms with Crippen LogP contribution >= 0.6 is 0 Å². The molecule has 0 aliphatic carbocycles. The van der Waals surface area contributed by atoms with Gasteiger partial charge in [-0.3, -0.25) is 4.79 Å².